The standard InChI is InChI=1S/C18H19NO4/c20-12-16(18(22)23)19-17(21)11-15(13-7-3-1-4-8-13)14-9-5-2-6-10-14/h1-10,15-16,20H,11-12H2,(H,19,21)(H,22,23). The molecule has 0 aliphatic carbocycles. The molecule has 0 heterocycles. The van der Waals surface area contributed by atoms with E-state index in [1.165, 1.54) is 0 Å². The average molecular weight is 313 g/mol. The van der Waals surface area contributed by atoms with Gasteiger partial charge < -0.3 is 15.5 Å². The molecule has 0 fully saturated rings. The van der Waals surface area contributed by atoms with Crippen molar-refractivity contribution < 1.29 is 19.8 Å². The first-order chi connectivity index (χ1) is 11.1. The molecule has 0 radical (unpaired) electrons. The van der Waals surface area contributed by atoms with E-state index in [1.54, 1.807) is 0 Å². The number of aliphatic hydroxyl groups excluding tert-OH is 1. The van der Waals surface area contributed by atoms with E-state index in [0.717, 1.165) is 11.1 Å². The van der Waals surface area contributed by atoms with E-state index >= 15 is 0 Å². The van der Waals surface area contributed by atoms with Crippen molar-refractivity contribution in [3.8, 4) is 0 Å². The molecule has 0 saturated carbocycles. The Morgan fingerprint density at radius 2 is 1.39 bits per heavy atom. The lowest BCUT2D eigenvalue weighted by molar-refractivity contribution is -0.143. The molecular formula is C18H19NO4. The van der Waals surface area contributed by atoms with Gasteiger partial charge in [-0.1, -0.05) is 60.7 Å². The Bertz CT molecular complexity index is 603. The second kappa shape index (κ2) is 8.10. The average Bonchev–Trinajstić information content (AvgIpc) is 2.59. The minimum Gasteiger partial charge on any atom is -0.480 e. The van der Waals surface area contributed by atoms with Crippen LogP contribution in [0.15, 0.2) is 60.7 Å². The highest BCUT2D eigenvalue weighted by Gasteiger charge is 2.22. The second-order valence-electron chi connectivity index (χ2n) is 5.22. The molecule has 0 spiro atoms. The molecule has 0 aliphatic rings. The topological polar surface area (TPSA) is 86.6 Å². The zero-order valence-corrected chi connectivity index (χ0v) is 12.6. The normalized spacial score (nSPS) is 11.9. The zero-order valence-electron chi connectivity index (χ0n) is 12.6. The van der Waals surface area contributed by atoms with Crippen LogP contribution in [-0.4, -0.2) is 34.7 Å². The maximum absolute atomic E-state index is 12.2. The van der Waals surface area contributed by atoms with Gasteiger partial charge in [0.05, 0.1) is 6.61 Å². The van der Waals surface area contributed by atoms with Crippen molar-refractivity contribution in [3.63, 3.8) is 0 Å². The minimum atomic E-state index is -1.28. The highest BCUT2D eigenvalue weighted by Crippen LogP contribution is 2.27. The fourth-order valence-electron chi connectivity index (χ4n) is 2.42. The van der Waals surface area contributed by atoms with Gasteiger partial charge in [0, 0.05) is 12.3 Å². The van der Waals surface area contributed by atoms with E-state index in [1.807, 2.05) is 60.7 Å². The van der Waals surface area contributed by atoms with Gasteiger partial charge in [-0.05, 0) is 11.1 Å². The van der Waals surface area contributed by atoms with Crippen LogP contribution in [0.2, 0.25) is 0 Å². The van der Waals surface area contributed by atoms with Gasteiger partial charge in [0.25, 0.3) is 0 Å². The summed E-state index contributed by atoms with van der Waals surface area (Å²) in [6, 6.07) is 17.9. The Labute approximate surface area is 134 Å². The highest BCUT2D eigenvalue weighted by atomic mass is 16.4. The molecule has 3 N–H and O–H groups in total. The molecule has 2 aromatic rings. The lowest BCUT2D eigenvalue weighted by Gasteiger charge is -2.19. The molecule has 23 heavy (non-hydrogen) atoms. The third-order valence-electron chi connectivity index (χ3n) is 3.61. The van der Waals surface area contributed by atoms with Gasteiger partial charge in [0.15, 0.2) is 0 Å². The molecule has 2 aromatic carbocycles. The van der Waals surface area contributed by atoms with Gasteiger partial charge in [0.2, 0.25) is 5.91 Å². The number of amides is 1. The molecule has 0 bridgehead atoms. The second-order valence-corrected chi connectivity index (χ2v) is 5.22. The highest BCUT2D eigenvalue weighted by molar-refractivity contribution is 5.84. The van der Waals surface area contributed by atoms with Gasteiger partial charge in [-0.15, -0.1) is 0 Å². The first-order valence-corrected chi connectivity index (χ1v) is 7.34. The number of rotatable bonds is 7. The van der Waals surface area contributed by atoms with E-state index < -0.39 is 24.5 Å². The molecule has 2 rings (SSSR count). The lowest BCUT2D eigenvalue weighted by Crippen LogP contribution is -2.43. The number of benzene rings is 2. The molecule has 1 unspecified atom stereocenters. The SMILES string of the molecule is O=C(CC(c1ccccc1)c1ccccc1)NC(CO)C(=O)O. The van der Waals surface area contributed by atoms with Crippen LogP contribution in [0, 0.1) is 0 Å². The summed E-state index contributed by atoms with van der Waals surface area (Å²) in [7, 11) is 0. The van der Waals surface area contributed by atoms with Gasteiger partial charge in [0.1, 0.15) is 6.04 Å². The Morgan fingerprint density at radius 1 is 0.913 bits per heavy atom. The molecule has 5 heteroatoms. The van der Waals surface area contributed by atoms with E-state index in [-0.39, 0.29) is 12.3 Å². The van der Waals surface area contributed by atoms with E-state index in [2.05, 4.69) is 5.32 Å². The quantitative estimate of drug-likeness (QED) is 0.727. The van der Waals surface area contributed by atoms with Crippen LogP contribution in [0.5, 0.6) is 0 Å². The summed E-state index contributed by atoms with van der Waals surface area (Å²) in [5.74, 6) is -1.84. The fraction of sp³-hybridized carbons (Fsp3) is 0.222. The summed E-state index contributed by atoms with van der Waals surface area (Å²) < 4.78 is 0. The number of carbonyl (C=O) groups is 2. The maximum Gasteiger partial charge on any atom is 0.328 e. The minimum absolute atomic E-state index is 0.109. The first kappa shape index (κ1) is 16.7. The zero-order chi connectivity index (χ0) is 16.7. The number of hydrogen-bond acceptors (Lipinski definition) is 3. The van der Waals surface area contributed by atoms with Crippen molar-refractivity contribution >= 4 is 11.9 Å². The number of aliphatic hydroxyl groups is 1. The summed E-state index contributed by atoms with van der Waals surface area (Å²) in [6.07, 6.45) is 0.109. The number of hydrogen-bond donors (Lipinski definition) is 3. The lowest BCUT2D eigenvalue weighted by atomic mass is 9.88. The van der Waals surface area contributed by atoms with Crippen LogP contribution in [0.25, 0.3) is 0 Å². The number of carboxylic acids is 1. The van der Waals surface area contributed by atoms with Crippen LogP contribution < -0.4 is 5.32 Å². The molecule has 0 aromatic heterocycles. The van der Waals surface area contributed by atoms with Crippen LogP contribution in [0.4, 0.5) is 0 Å². The summed E-state index contributed by atoms with van der Waals surface area (Å²) >= 11 is 0. The van der Waals surface area contributed by atoms with Crippen LogP contribution in [0.3, 0.4) is 0 Å². The predicted molar refractivity (Wildman–Crippen MR) is 86.0 cm³/mol. The number of carbonyl (C=O) groups excluding carboxylic acids is 1. The van der Waals surface area contributed by atoms with E-state index in [0.29, 0.717) is 0 Å². The third kappa shape index (κ3) is 4.66. The molecule has 5 nitrogen and oxygen atoms in total. The predicted octanol–water partition coefficient (Wildman–Crippen LogP) is 1.77. The molecular weight excluding hydrogens is 294 g/mol. The van der Waals surface area contributed by atoms with Crippen molar-refractivity contribution in [2.45, 2.75) is 18.4 Å². The van der Waals surface area contributed by atoms with Crippen LogP contribution in [0.1, 0.15) is 23.5 Å². The van der Waals surface area contributed by atoms with Crippen molar-refractivity contribution in [1.29, 1.82) is 0 Å². The maximum atomic E-state index is 12.2. The number of carboxylic acid groups (broad SMARTS) is 1. The molecule has 1 amide bonds. The van der Waals surface area contributed by atoms with E-state index in [4.69, 9.17) is 10.2 Å². The smallest absolute Gasteiger partial charge is 0.328 e. The molecule has 1 atom stereocenters. The first-order valence-electron chi connectivity index (χ1n) is 7.34. The van der Waals surface area contributed by atoms with Crippen molar-refractivity contribution in [1.82, 2.24) is 5.32 Å². The third-order valence-corrected chi connectivity index (χ3v) is 3.61. The Morgan fingerprint density at radius 3 is 1.78 bits per heavy atom. The van der Waals surface area contributed by atoms with Crippen molar-refractivity contribution in [2.75, 3.05) is 6.61 Å². The summed E-state index contributed by atoms with van der Waals surface area (Å²) in [4.78, 5) is 23.1. The number of aliphatic carboxylic acids is 1. The summed E-state index contributed by atoms with van der Waals surface area (Å²) in [5.41, 5.74) is 1.95. The van der Waals surface area contributed by atoms with Gasteiger partial charge in [-0.25, -0.2) is 4.79 Å². The fourth-order valence-corrected chi connectivity index (χ4v) is 2.42. The Hall–Kier alpha value is -2.66. The Balaban J connectivity index is 2.19. The van der Waals surface area contributed by atoms with Crippen LogP contribution in [-0.2, 0) is 9.59 Å². The van der Waals surface area contributed by atoms with Gasteiger partial charge in [-0.2, -0.15) is 0 Å². The van der Waals surface area contributed by atoms with Gasteiger partial charge >= 0.3 is 5.97 Å². The summed E-state index contributed by atoms with van der Waals surface area (Å²) in [6.45, 7) is -0.636. The van der Waals surface area contributed by atoms with Crippen LogP contribution >= 0.6 is 0 Å². The van der Waals surface area contributed by atoms with E-state index in [9.17, 15) is 9.59 Å². The molecule has 120 valence electrons. The molecule has 0 saturated heterocycles. The Kier molecular flexibility index (Phi) is 5.88. The summed E-state index contributed by atoms with van der Waals surface area (Å²) in [5, 5.41) is 20.3. The van der Waals surface area contributed by atoms with Crippen molar-refractivity contribution in [3.05, 3.63) is 71.8 Å². The van der Waals surface area contributed by atoms with Crippen molar-refractivity contribution in [2.24, 2.45) is 0 Å². The molecule has 0 aliphatic heterocycles. The van der Waals surface area contributed by atoms with Gasteiger partial charge in [-0.3, -0.25) is 4.79 Å². The monoisotopic (exact) mass is 313 g/mol. The number of nitrogens with one attached hydrogen (secondary N) is 1. The largest absolute Gasteiger partial charge is 0.480 e.